The summed E-state index contributed by atoms with van der Waals surface area (Å²) in [5, 5.41) is 11.8. The predicted octanol–water partition coefficient (Wildman–Crippen LogP) is 3.40. The molecule has 23 heavy (non-hydrogen) atoms. The third kappa shape index (κ3) is 3.72. The zero-order valence-electron chi connectivity index (χ0n) is 12.4. The number of nitrogens with one attached hydrogen (secondary N) is 2. The molecule has 8 heteroatoms. The van der Waals surface area contributed by atoms with Gasteiger partial charge in [0.1, 0.15) is 5.82 Å². The lowest BCUT2D eigenvalue weighted by atomic mass is 10.3. The molecule has 0 aliphatic carbocycles. The number of aromatic amines is 1. The van der Waals surface area contributed by atoms with Crippen LogP contribution in [0.15, 0.2) is 35.7 Å². The van der Waals surface area contributed by atoms with E-state index in [1.54, 1.807) is 17.4 Å². The van der Waals surface area contributed by atoms with Gasteiger partial charge in [-0.25, -0.2) is 4.98 Å². The molecule has 0 aliphatic rings. The van der Waals surface area contributed by atoms with Crippen LogP contribution in [-0.4, -0.2) is 25.7 Å². The topological polar surface area (TPSA) is 75.6 Å². The largest absolute Gasteiger partial charge is 0.311 e. The minimum Gasteiger partial charge on any atom is -0.311 e. The fraction of sp³-hybridized carbons (Fsp3) is 0.200. The minimum absolute atomic E-state index is 0.108. The molecular formula is C15H15N5OS2. The van der Waals surface area contributed by atoms with Crippen LogP contribution in [-0.2, 0) is 11.3 Å². The summed E-state index contributed by atoms with van der Waals surface area (Å²) in [4.78, 5) is 17.4. The van der Waals surface area contributed by atoms with Crippen LogP contribution in [0.1, 0.15) is 12.1 Å². The van der Waals surface area contributed by atoms with Gasteiger partial charge in [-0.2, -0.15) is 5.10 Å². The molecule has 2 N–H and O–H groups in total. The highest BCUT2D eigenvalue weighted by atomic mass is 32.1. The number of hydrogen-bond acceptors (Lipinski definition) is 5. The quantitative estimate of drug-likeness (QED) is 0.695. The summed E-state index contributed by atoms with van der Waals surface area (Å²) in [7, 11) is 0. The summed E-state index contributed by atoms with van der Waals surface area (Å²) in [6, 6.07) is 9.44. The van der Waals surface area contributed by atoms with E-state index < -0.39 is 0 Å². The van der Waals surface area contributed by atoms with Crippen molar-refractivity contribution in [2.24, 2.45) is 0 Å². The standard InChI is InChI=1S/C15H15N5OS2/c1-10-4-2-6-12(16-10)17-13(21)7-8-20-14(18-19-15(20)22)11-5-3-9-23-11/h2-6,9H,7-8H2,1H3,(H,19,22)(H,16,17,21). The number of H-pyrrole nitrogens is 1. The highest BCUT2D eigenvalue weighted by Crippen LogP contribution is 2.22. The number of carbonyl (C=O) groups is 1. The van der Waals surface area contributed by atoms with E-state index in [-0.39, 0.29) is 5.91 Å². The molecule has 0 aliphatic heterocycles. The van der Waals surface area contributed by atoms with Crippen LogP contribution in [0.2, 0.25) is 0 Å². The SMILES string of the molecule is Cc1cccc(NC(=O)CCn2c(-c3cccs3)n[nH]c2=S)n1. The van der Waals surface area contributed by atoms with Crippen LogP contribution in [0.4, 0.5) is 5.82 Å². The van der Waals surface area contributed by atoms with E-state index in [1.807, 2.05) is 41.1 Å². The lowest BCUT2D eigenvalue weighted by Gasteiger charge is -2.07. The molecule has 0 saturated heterocycles. The average Bonchev–Trinajstić information content (AvgIpc) is 3.14. The molecule has 3 heterocycles. The van der Waals surface area contributed by atoms with Gasteiger partial charge in [0.05, 0.1) is 4.88 Å². The molecule has 0 radical (unpaired) electrons. The smallest absolute Gasteiger partial charge is 0.227 e. The maximum atomic E-state index is 12.1. The maximum Gasteiger partial charge on any atom is 0.227 e. The van der Waals surface area contributed by atoms with Gasteiger partial charge in [0.25, 0.3) is 0 Å². The first-order valence-electron chi connectivity index (χ1n) is 7.06. The van der Waals surface area contributed by atoms with Crippen molar-refractivity contribution >= 4 is 35.3 Å². The van der Waals surface area contributed by atoms with Crippen molar-refractivity contribution in [3.05, 3.63) is 46.2 Å². The number of amides is 1. The normalized spacial score (nSPS) is 10.7. The Balaban J connectivity index is 1.68. The molecular weight excluding hydrogens is 330 g/mol. The van der Waals surface area contributed by atoms with Crippen LogP contribution >= 0.6 is 23.6 Å². The summed E-state index contributed by atoms with van der Waals surface area (Å²) in [5.74, 6) is 1.21. The van der Waals surface area contributed by atoms with Crippen LogP contribution in [0.25, 0.3) is 10.7 Å². The summed E-state index contributed by atoms with van der Waals surface area (Å²) >= 11 is 6.83. The molecule has 3 aromatic heterocycles. The number of thiophene rings is 1. The molecule has 0 aromatic carbocycles. The van der Waals surface area contributed by atoms with Gasteiger partial charge in [-0.15, -0.1) is 11.3 Å². The molecule has 0 spiro atoms. The van der Waals surface area contributed by atoms with Gasteiger partial charge < -0.3 is 5.32 Å². The van der Waals surface area contributed by atoms with Crippen molar-refractivity contribution < 1.29 is 4.79 Å². The number of aryl methyl sites for hydroxylation is 1. The number of anilines is 1. The Bertz CT molecular complexity index is 866. The molecule has 0 fully saturated rings. The summed E-state index contributed by atoms with van der Waals surface area (Å²) in [6.07, 6.45) is 0.293. The van der Waals surface area contributed by atoms with Gasteiger partial charge in [0, 0.05) is 18.7 Å². The second-order valence-corrected chi connectivity index (χ2v) is 6.28. The Kier molecular flexibility index (Phi) is 4.63. The molecule has 3 aromatic rings. The van der Waals surface area contributed by atoms with Gasteiger partial charge in [-0.1, -0.05) is 12.1 Å². The van der Waals surface area contributed by atoms with Crippen molar-refractivity contribution in [2.75, 3.05) is 5.32 Å². The Labute approximate surface area is 142 Å². The van der Waals surface area contributed by atoms with E-state index in [1.165, 1.54) is 0 Å². The number of hydrogen-bond donors (Lipinski definition) is 2. The van der Waals surface area contributed by atoms with E-state index >= 15 is 0 Å². The number of rotatable bonds is 5. The van der Waals surface area contributed by atoms with E-state index in [9.17, 15) is 4.79 Å². The molecule has 118 valence electrons. The molecule has 6 nitrogen and oxygen atoms in total. The van der Waals surface area contributed by atoms with Gasteiger partial charge in [-0.3, -0.25) is 14.5 Å². The number of pyridine rings is 1. The first kappa shape index (κ1) is 15.6. The third-order valence-electron chi connectivity index (χ3n) is 3.22. The van der Waals surface area contributed by atoms with E-state index in [0.717, 1.165) is 16.4 Å². The Morgan fingerprint density at radius 2 is 2.26 bits per heavy atom. The van der Waals surface area contributed by atoms with Gasteiger partial charge in [0.2, 0.25) is 5.91 Å². The molecule has 1 amide bonds. The van der Waals surface area contributed by atoms with Crippen molar-refractivity contribution in [2.45, 2.75) is 19.9 Å². The van der Waals surface area contributed by atoms with Crippen LogP contribution in [0.5, 0.6) is 0 Å². The third-order valence-corrected chi connectivity index (χ3v) is 4.40. The van der Waals surface area contributed by atoms with E-state index in [2.05, 4.69) is 20.5 Å². The highest BCUT2D eigenvalue weighted by molar-refractivity contribution is 7.71. The van der Waals surface area contributed by atoms with Gasteiger partial charge in [0.15, 0.2) is 10.6 Å². The zero-order valence-corrected chi connectivity index (χ0v) is 14.1. The fourth-order valence-corrected chi connectivity index (χ4v) is 3.10. The van der Waals surface area contributed by atoms with Crippen LogP contribution < -0.4 is 5.32 Å². The number of nitrogens with zero attached hydrogens (tertiary/aromatic N) is 3. The van der Waals surface area contributed by atoms with E-state index in [0.29, 0.717) is 23.6 Å². The average molecular weight is 345 g/mol. The first-order chi connectivity index (χ1) is 11.1. The van der Waals surface area contributed by atoms with E-state index in [4.69, 9.17) is 12.2 Å². The number of aromatic nitrogens is 4. The van der Waals surface area contributed by atoms with Crippen molar-refractivity contribution in [1.29, 1.82) is 0 Å². The molecule has 0 atom stereocenters. The zero-order chi connectivity index (χ0) is 16.2. The Morgan fingerprint density at radius 1 is 1.39 bits per heavy atom. The monoisotopic (exact) mass is 345 g/mol. The molecule has 0 saturated carbocycles. The molecule has 0 unspecified atom stereocenters. The summed E-state index contributed by atoms with van der Waals surface area (Å²) < 4.78 is 2.35. The summed E-state index contributed by atoms with van der Waals surface area (Å²) in [6.45, 7) is 2.34. The first-order valence-corrected chi connectivity index (χ1v) is 8.35. The maximum absolute atomic E-state index is 12.1. The van der Waals surface area contributed by atoms with Crippen LogP contribution in [0.3, 0.4) is 0 Å². The lowest BCUT2D eigenvalue weighted by molar-refractivity contribution is -0.116. The highest BCUT2D eigenvalue weighted by Gasteiger charge is 2.11. The van der Waals surface area contributed by atoms with Crippen molar-refractivity contribution in [3.8, 4) is 10.7 Å². The minimum atomic E-state index is -0.108. The molecule has 3 rings (SSSR count). The van der Waals surface area contributed by atoms with Crippen LogP contribution in [0, 0.1) is 11.7 Å². The fourth-order valence-electron chi connectivity index (χ4n) is 2.15. The van der Waals surface area contributed by atoms with Gasteiger partial charge in [-0.05, 0) is 42.7 Å². The lowest BCUT2D eigenvalue weighted by Crippen LogP contribution is -2.16. The molecule has 0 bridgehead atoms. The van der Waals surface area contributed by atoms with Gasteiger partial charge >= 0.3 is 0 Å². The second kappa shape index (κ2) is 6.84. The van der Waals surface area contributed by atoms with Crippen molar-refractivity contribution in [3.63, 3.8) is 0 Å². The predicted molar refractivity (Wildman–Crippen MR) is 92.9 cm³/mol. The summed E-state index contributed by atoms with van der Waals surface area (Å²) in [5.41, 5.74) is 0.861. The number of carbonyl (C=O) groups excluding carboxylic acids is 1. The van der Waals surface area contributed by atoms with Crippen molar-refractivity contribution in [1.82, 2.24) is 19.7 Å². The Morgan fingerprint density at radius 3 is 3.00 bits per heavy atom. The second-order valence-electron chi connectivity index (χ2n) is 4.94. The Hall–Kier alpha value is -2.32.